The van der Waals surface area contributed by atoms with Gasteiger partial charge in [-0.25, -0.2) is 8.78 Å². The molecule has 0 radical (unpaired) electrons. The van der Waals surface area contributed by atoms with E-state index in [0.29, 0.717) is 5.56 Å². The normalized spacial score (nSPS) is 12.5. The van der Waals surface area contributed by atoms with Crippen LogP contribution in [-0.2, 0) is 0 Å². The van der Waals surface area contributed by atoms with Gasteiger partial charge in [0.1, 0.15) is 0 Å². The molecule has 0 aromatic heterocycles. The minimum absolute atomic E-state index is 0.196. The number of rotatable bonds is 2. The lowest BCUT2D eigenvalue weighted by molar-refractivity contribution is 0.507. The molecule has 0 aliphatic rings. The predicted molar refractivity (Wildman–Crippen MR) is 81.0 cm³/mol. The lowest BCUT2D eigenvalue weighted by Gasteiger charge is -2.14. The highest BCUT2D eigenvalue weighted by Crippen LogP contribution is 2.37. The highest BCUT2D eigenvalue weighted by Gasteiger charge is 2.17. The fraction of sp³-hybridized carbons (Fsp3) is 0.143. The monoisotopic (exact) mass is 408 g/mol. The Kier molecular flexibility index (Phi) is 4.64. The Morgan fingerprint density at radius 1 is 1.11 bits per heavy atom. The zero-order valence-corrected chi connectivity index (χ0v) is 13.8. The van der Waals surface area contributed by atoms with Gasteiger partial charge in [0.25, 0.3) is 0 Å². The molecule has 2 aromatic rings. The molecule has 1 unspecified atom stereocenters. The van der Waals surface area contributed by atoms with Gasteiger partial charge in [0.15, 0.2) is 11.6 Å². The van der Waals surface area contributed by atoms with E-state index in [9.17, 15) is 8.78 Å². The van der Waals surface area contributed by atoms with Gasteiger partial charge in [-0.2, -0.15) is 0 Å². The summed E-state index contributed by atoms with van der Waals surface area (Å²) < 4.78 is 27.4. The van der Waals surface area contributed by atoms with Crippen molar-refractivity contribution < 1.29 is 8.78 Å². The Bertz CT molecular complexity index is 629. The van der Waals surface area contributed by atoms with Crippen LogP contribution in [0.4, 0.5) is 8.78 Å². The predicted octanol–water partition coefficient (Wildman–Crippen LogP) is 6.17. The van der Waals surface area contributed by atoms with Crippen molar-refractivity contribution in [3.05, 3.63) is 68.2 Å². The maximum Gasteiger partial charge on any atom is 0.160 e. The van der Waals surface area contributed by atoms with Crippen molar-refractivity contribution in [1.82, 2.24) is 0 Å². The topological polar surface area (TPSA) is 0 Å². The molecule has 0 N–H and O–H groups in total. The second-order valence-electron chi connectivity index (χ2n) is 4.16. The summed E-state index contributed by atoms with van der Waals surface area (Å²) in [5.41, 5.74) is 2.48. The van der Waals surface area contributed by atoms with E-state index in [1.54, 1.807) is 0 Å². The minimum Gasteiger partial charge on any atom is -0.204 e. The van der Waals surface area contributed by atoms with Crippen LogP contribution in [0.2, 0.25) is 5.02 Å². The van der Waals surface area contributed by atoms with Crippen LogP contribution >= 0.6 is 43.5 Å². The number of halogens is 5. The smallest absolute Gasteiger partial charge is 0.160 e. The molecule has 0 heterocycles. The molecule has 2 aromatic carbocycles. The summed E-state index contributed by atoms with van der Waals surface area (Å²) >= 11 is 12.9. The fourth-order valence-electron chi connectivity index (χ4n) is 1.74. The van der Waals surface area contributed by atoms with Crippen molar-refractivity contribution >= 4 is 43.5 Å². The molecule has 0 fully saturated rings. The first-order valence-electron chi connectivity index (χ1n) is 5.44. The van der Waals surface area contributed by atoms with E-state index in [1.165, 1.54) is 0 Å². The maximum absolute atomic E-state index is 13.3. The summed E-state index contributed by atoms with van der Waals surface area (Å²) in [6.45, 7) is 1.96. The van der Waals surface area contributed by atoms with Gasteiger partial charge in [0, 0.05) is 9.50 Å². The maximum atomic E-state index is 13.3. The molecular weight excluding hydrogens is 401 g/mol. The molecule has 0 saturated heterocycles. The van der Waals surface area contributed by atoms with Gasteiger partial charge in [-0.3, -0.25) is 0 Å². The van der Waals surface area contributed by atoms with E-state index in [2.05, 4.69) is 31.9 Å². The summed E-state index contributed by atoms with van der Waals surface area (Å²) in [6.07, 6.45) is 0. The number of hydrogen-bond acceptors (Lipinski definition) is 0. The molecule has 5 heteroatoms. The SMILES string of the molecule is Cc1cc(C(Br)c2cc(F)c(F)cc2Cl)ccc1Br. The average molecular weight is 410 g/mol. The van der Waals surface area contributed by atoms with E-state index < -0.39 is 11.6 Å². The van der Waals surface area contributed by atoms with E-state index in [-0.39, 0.29) is 9.85 Å². The van der Waals surface area contributed by atoms with Crippen molar-refractivity contribution in [2.75, 3.05) is 0 Å². The molecular formula is C14H9Br2ClF2. The molecule has 19 heavy (non-hydrogen) atoms. The summed E-state index contributed by atoms with van der Waals surface area (Å²) in [7, 11) is 0. The van der Waals surface area contributed by atoms with Gasteiger partial charge < -0.3 is 0 Å². The fourth-order valence-corrected chi connectivity index (χ4v) is 3.04. The van der Waals surface area contributed by atoms with Crippen LogP contribution in [0.3, 0.4) is 0 Å². The molecule has 0 aliphatic heterocycles. The summed E-state index contributed by atoms with van der Waals surface area (Å²) in [5.74, 6) is -1.85. The second-order valence-corrected chi connectivity index (χ2v) is 6.34. The third kappa shape index (κ3) is 3.18. The van der Waals surface area contributed by atoms with Crippen LogP contribution in [0, 0.1) is 18.6 Å². The van der Waals surface area contributed by atoms with Crippen molar-refractivity contribution in [3.8, 4) is 0 Å². The number of alkyl halides is 1. The van der Waals surface area contributed by atoms with Crippen molar-refractivity contribution in [3.63, 3.8) is 0 Å². The van der Waals surface area contributed by atoms with E-state index in [1.807, 2.05) is 25.1 Å². The first-order valence-corrected chi connectivity index (χ1v) is 7.53. The lowest BCUT2D eigenvalue weighted by atomic mass is 10.0. The van der Waals surface area contributed by atoms with Gasteiger partial charge in [0.2, 0.25) is 0 Å². The summed E-state index contributed by atoms with van der Waals surface area (Å²) in [4.78, 5) is -0.290. The molecule has 100 valence electrons. The van der Waals surface area contributed by atoms with Crippen LogP contribution in [0.1, 0.15) is 21.5 Å². The zero-order chi connectivity index (χ0) is 14.2. The lowest BCUT2D eigenvalue weighted by Crippen LogP contribution is -1.97. The minimum atomic E-state index is -0.944. The van der Waals surface area contributed by atoms with Gasteiger partial charge >= 0.3 is 0 Å². The van der Waals surface area contributed by atoms with Crippen LogP contribution in [0.15, 0.2) is 34.8 Å². The Labute approximate surface area is 132 Å². The zero-order valence-electron chi connectivity index (χ0n) is 9.85. The Morgan fingerprint density at radius 2 is 1.74 bits per heavy atom. The van der Waals surface area contributed by atoms with Crippen molar-refractivity contribution in [2.24, 2.45) is 0 Å². The molecule has 0 bridgehead atoms. The molecule has 0 saturated carbocycles. The Hall–Kier alpha value is -0.450. The van der Waals surface area contributed by atoms with Crippen LogP contribution in [0.25, 0.3) is 0 Å². The number of benzene rings is 2. The number of hydrogen-bond donors (Lipinski definition) is 0. The quantitative estimate of drug-likeness (QED) is 0.410. The van der Waals surface area contributed by atoms with Crippen molar-refractivity contribution in [1.29, 1.82) is 0 Å². The van der Waals surface area contributed by atoms with Crippen LogP contribution < -0.4 is 0 Å². The van der Waals surface area contributed by atoms with Gasteiger partial charge in [0.05, 0.1) is 4.83 Å². The summed E-state index contributed by atoms with van der Waals surface area (Å²) in [6, 6.07) is 7.88. The number of aryl methyl sites for hydroxylation is 1. The standard InChI is InChI=1S/C14H9Br2ClF2/c1-7-4-8(2-3-10(7)15)14(16)9-5-12(18)13(19)6-11(9)17/h2-6,14H,1H3. The van der Waals surface area contributed by atoms with E-state index in [0.717, 1.165) is 27.7 Å². The van der Waals surface area contributed by atoms with Gasteiger partial charge in [-0.05, 0) is 41.8 Å². The largest absolute Gasteiger partial charge is 0.204 e. The third-order valence-electron chi connectivity index (χ3n) is 2.79. The Balaban J connectivity index is 2.46. The van der Waals surface area contributed by atoms with Crippen LogP contribution in [-0.4, -0.2) is 0 Å². The van der Waals surface area contributed by atoms with Gasteiger partial charge in [-0.15, -0.1) is 0 Å². The molecule has 1 atom stereocenters. The highest BCUT2D eigenvalue weighted by atomic mass is 79.9. The van der Waals surface area contributed by atoms with Crippen LogP contribution in [0.5, 0.6) is 0 Å². The molecule has 0 nitrogen and oxygen atoms in total. The molecule has 0 aliphatic carbocycles. The third-order valence-corrected chi connectivity index (χ3v) is 5.03. The molecule has 0 amide bonds. The second kappa shape index (κ2) is 5.90. The average Bonchev–Trinajstić information content (AvgIpc) is 2.36. The Morgan fingerprint density at radius 3 is 2.37 bits per heavy atom. The van der Waals surface area contributed by atoms with Crippen molar-refractivity contribution in [2.45, 2.75) is 11.8 Å². The van der Waals surface area contributed by atoms with E-state index >= 15 is 0 Å². The van der Waals surface area contributed by atoms with E-state index in [4.69, 9.17) is 11.6 Å². The first kappa shape index (κ1) is 14.9. The first-order chi connectivity index (χ1) is 8.90. The van der Waals surface area contributed by atoms with Gasteiger partial charge in [-0.1, -0.05) is 55.6 Å². The molecule has 0 spiro atoms. The molecule has 2 rings (SSSR count). The summed E-state index contributed by atoms with van der Waals surface area (Å²) in [5, 5.41) is 0.196. The highest BCUT2D eigenvalue weighted by molar-refractivity contribution is 9.10.